The maximum absolute atomic E-state index is 6.08. The second-order valence-electron chi connectivity index (χ2n) is 5.30. The van der Waals surface area contributed by atoms with E-state index in [2.05, 4.69) is 52.1 Å². The van der Waals surface area contributed by atoms with Gasteiger partial charge in [0.1, 0.15) is 0 Å². The zero-order chi connectivity index (χ0) is 14.2. The summed E-state index contributed by atoms with van der Waals surface area (Å²) >= 11 is 0. The molecule has 2 heteroatoms. The van der Waals surface area contributed by atoms with E-state index in [1.165, 1.54) is 27.9 Å². The lowest BCUT2D eigenvalue weighted by Gasteiger charge is -2.19. The van der Waals surface area contributed by atoms with E-state index >= 15 is 0 Å². The Morgan fingerprint density at radius 1 is 0.789 bits per heavy atom. The number of rotatable bonds is 2. The summed E-state index contributed by atoms with van der Waals surface area (Å²) in [5, 5.41) is 3.53. The van der Waals surface area contributed by atoms with Crippen molar-refractivity contribution >= 4 is 17.1 Å². The van der Waals surface area contributed by atoms with Gasteiger partial charge in [-0.3, -0.25) is 0 Å². The minimum atomic E-state index is 0.790. The van der Waals surface area contributed by atoms with Gasteiger partial charge < -0.3 is 11.1 Å². The average molecular weight is 254 g/mol. The molecule has 0 radical (unpaired) electrons. The van der Waals surface area contributed by atoms with Gasteiger partial charge in [0.25, 0.3) is 0 Å². The summed E-state index contributed by atoms with van der Waals surface area (Å²) in [6, 6.07) is 8.22. The molecule has 0 heterocycles. The molecule has 19 heavy (non-hydrogen) atoms. The first-order chi connectivity index (χ1) is 8.91. The van der Waals surface area contributed by atoms with Gasteiger partial charge in [0.2, 0.25) is 0 Å². The topological polar surface area (TPSA) is 38.0 Å². The Labute approximate surface area is 115 Å². The van der Waals surface area contributed by atoms with Crippen LogP contribution in [0.2, 0.25) is 0 Å². The summed E-state index contributed by atoms with van der Waals surface area (Å²) in [5.74, 6) is 0. The summed E-state index contributed by atoms with van der Waals surface area (Å²) in [6.45, 7) is 10.7. The van der Waals surface area contributed by atoms with Gasteiger partial charge in [-0.25, -0.2) is 0 Å². The van der Waals surface area contributed by atoms with Crippen LogP contribution in [0.15, 0.2) is 24.3 Å². The largest absolute Gasteiger partial charge is 0.397 e. The predicted molar refractivity (Wildman–Crippen MR) is 84.3 cm³/mol. The molecule has 2 rings (SSSR count). The highest BCUT2D eigenvalue weighted by molar-refractivity contribution is 5.79. The van der Waals surface area contributed by atoms with Crippen molar-refractivity contribution in [2.75, 3.05) is 11.1 Å². The number of anilines is 3. The van der Waals surface area contributed by atoms with Crippen LogP contribution in [-0.4, -0.2) is 0 Å². The molecule has 0 bridgehead atoms. The Bertz CT molecular complexity index is 581. The molecule has 0 saturated heterocycles. The SMILES string of the molecule is Cc1cc(C)c(C)c(Nc2c(C)cccc2N)c1C. The molecule has 2 nitrogen and oxygen atoms in total. The van der Waals surface area contributed by atoms with Gasteiger partial charge in [-0.05, 0) is 68.5 Å². The number of para-hydroxylation sites is 1. The van der Waals surface area contributed by atoms with Crippen molar-refractivity contribution in [3.8, 4) is 0 Å². The van der Waals surface area contributed by atoms with E-state index in [4.69, 9.17) is 5.73 Å². The number of nitrogens with one attached hydrogen (secondary N) is 1. The number of nitrogen functional groups attached to an aromatic ring is 1. The third-order valence-corrected chi connectivity index (χ3v) is 3.92. The average Bonchev–Trinajstić information content (AvgIpc) is 2.35. The van der Waals surface area contributed by atoms with Gasteiger partial charge in [0, 0.05) is 5.69 Å². The highest BCUT2D eigenvalue weighted by Crippen LogP contribution is 2.33. The van der Waals surface area contributed by atoms with E-state index in [1.807, 2.05) is 12.1 Å². The fraction of sp³-hybridized carbons (Fsp3) is 0.294. The summed E-state index contributed by atoms with van der Waals surface area (Å²) in [6.07, 6.45) is 0. The zero-order valence-electron chi connectivity index (χ0n) is 12.4. The molecular weight excluding hydrogens is 232 g/mol. The number of nitrogens with two attached hydrogens (primary N) is 1. The lowest BCUT2D eigenvalue weighted by molar-refractivity contribution is 1.23. The molecule has 2 aromatic rings. The number of hydrogen-bond acceptors (Lipinski definition) is 2. The summed E-state index contributed by atoms with van der Waals surface area (Å²) in [5.41, 5.74) is 15.4. The van der Waals surface area contributed by atoms with Crippen LogP contribution in [0.25, 0.3) is 0 Å². The van der Waals surface area contributed by atoms with Crippen LogP contribution < -0.4 is 11.1 Å². The van der Waals surface area contributed by atoms with E-state index in [1.54, 1.807) is 0 Å². The van der Waals surface area contributed by atoms with Crippen molar-refractivity contribution < 1.29 is 0 Å². The summed E-state index contributed by atoms with van der Waals surface area (Å²) < 4.78 is 0. The van der Waals surface area contributed by atoms with Crippen molar-refractivity contribution in [3.05, 3.63) is 52.1 Å². The quantitative estimate of drug-likeness (QED) is 0.771. The van der Waals surface area contributed by atoms with Crippen LogP contribution >= 0.6 is 0 Å². The van der Waals surface area contributed by atoms with E-state index < -0.39 is 0 Å². The lowest BCUT2D eigenvalue weighted by Crippen LogP contribution is -2.03. The van der Waals surface area contributed by atoms with Gasteiger partial charge in [0.15, 0.2) is 0 Å². The molecule has 2 aromatic carbocycles. The van der Waals surface area contributed by atoms with Crippen molar-refractivity contribution in [2.45, 2.75) is 34.6 Å². The molecular formula is C17H22N2. The van der Waals surface area contributed by atoms with Gasteiger partial charge >= 0.3 is 0 Å². The maximum atomic E-state index is 6.08. The monoisotopic (exact) mass is 254 g/mol. The first-order valence-electron chi connectivity index (χ1n) is 6.61. The van der Waals surface area contributed by atoms with E-state index in [0.29, 0.717) is 0 Å². The fourth-order valence-electron chi connectivity index (χ4n) is 2.39. The minimum Gasteiger partial charge on any atom is -0.397 e. The van der Waals surface area contributed by atoms with Gasteiger partial charge in [0.05, 0.1) is 11.4 Å². The molecule has 100 valence electrons. The van der Waals surface area contributed by atoms with Crippen LogP contribution in [0.3, 0.4) is 0 Å². The maximum Gasteiger partial charge on any atom is 0.0647 e. The highest BCUT2D eigenvalue weighted by atomic mass is 14.9. The second-order valence-corrected chi connectivity index (χ2v) is 5.30. The molecule has 0 aliphatic carbocycles. The highest BCUT2D eigenvalue weighted by Gasteiger charge is 2.11. The normalized spacial score (nSPS) is 10.6. The number of aryl methyl sites for hydroxylation is 3. The number of benzene rings is 2. The van der Waals surface area contributed by atoms with Crippen molar-refractivity contribution in [1.82, 2.24) is 0 Å². The standard InChI is InChI=1S/C17H22N2/c1-10-7-6-8-15(18)16(10)19-17-13(4)11(2)9-12(3)14(17)5/h6-9,19H,18H2,1-5H3. The first kappa shape index (κ1) is 13.5. The lowest BCUT2D eigenvalue weighted by atomic mass is 9.98. The van der Waals surface area contributed by atoms with Crippen molar-refractivity contribution in [3.63, 3.8) is 0 Å². The third-order valence-electron chi connectivity index (χ3n) is 3.92. The first-order valence-corrected chi connectivity index (χ1v) is 6.61. The Hall–Kier alpha value is -1.96. The Kier molecular flexibility index (Phi) is 3.52. The zero-order valence-corrected chi connectivity index (χ0v) is 12.4. The molecule has 0 atom stereocenters. The van der Waals surface area contributed by atoms with Gasteiger partial charge in [-0.2, -0.15) is 0 Å². The molecule has 0 fully saturated rings. The van der Waals surface area contributed by atoms with Crippen LogP contribution in [0.4, 0.5) is 17.1 Å². The van der Waals surface area contributed by atoms with Gasteiger partial charge in [-0.15, -0.1) is 0 Å². The predicted octanol–water partition coefficient (Wildman–Crippen LogP) is 4.55. The Balaban J connectivity index is 2.56. The third kappa shape index (κ3) is 2.43. The summed E-state index contributed by atoms with van der Waals surface area (Å²) in [4.78, 5) is 0. The minimum absolute atomic E-state index is 0.790. The van der Waals surface area contributed by atoms with E-state index in [9.17, 15) is 0 Å². The van der Waals surface area contributed by atoms with E-state index in [0.717, 1.165) is 16.9 Å². The fourth-order valence-corrected chi connectivity index (χ4v) is 2.39. The van der Waals surface area contributed by atoms with Crippen LogP contribution in [-0.2, 0) is 0 Å². The molecule has 0 saturated carbocycles. The molecule has 3 N–H and O–H groups in total. The molecule has 0 unspecified atom stereocenters. The van der Waals surface area contributed by atoms with Crippen LogP contribution in [0.1, 0.15) is 27.8 Å². The van der Waals surface area contributed by atoms with Crippen LogP contribution in [0.5, 0.6) is 0 Å². The van der Waals surface area contributed by atoms with Gasteiger partial charge in [-0.1, -0.05) is 18.2 Å². The number of hydrogen-bond donors (Lipinski definition) is 2. The van der Waals surface area contributed by atoms with Crippen molar-refractivity contribution in [1.29, 1.82) is 0 Å². The van der Waals surface area contributed by atoms with Crippen LogP contribution in [0, 0.1) is 34.6 Å². The molecule has 0 spiro atoms. The van der Waals surface area contributed by atoms with Crippen molar-refractivity contribution in [2.24, 2.45) is 0 Å². The second kappa shape index (κ2) is 4.96. The van der Waals surface area contributed by atoms with E-state index in [-0.39, 0.29) is 0 Å². The Morgan fingerprint density at radius 2 is 1.37 bits per heavy atom. The molecule has 0 aromatic heterocycles. The summed E-state index contributed by atoms with van der Waals surface area (Å²) in [7, 11) is 0. The smallest absolute Gasteiger partial charge is 0.0647 e. The molecule has 0 aliphatic heterocycles. The molecule has 0 amide bonds. The molecule has 0 aliphatic rings. The Morgan fingerprint density at radius 3 is 1.89 bits per heavy atom.